The smallest absolute Gasteiger partial charge is 0.203 e. The molecule has 1 aliphatic rings. The fourth-order valence-electron chi connectivity index (χ4n) is 4.27. The summed E-state index contributed by atoms with van der Waals surface area (Å²) >= 11 is 0. The van der Waals surface area contributed by atoms with Crippen LogP contribution in [0.25, 0.3) is 5.65 Å². The molecule has 30 heavy (non-hydrogen) atoms. The second kappa shape index (κ2) is 8.39. The SMILES string of the molecule is COc1cc(CN2CCC[C@@H](c3cc(N)n4nc(C)cc4n3)C2)cc(OC)c1OC. The molecule has 2 aromatic heterocycles. The largest absolute Gasteiger partial charge is 0.493 e. The zero-order valence-electron chi connectivity index (χ0n) is 18.0. The second-order valence-corrected chi connectivity index (χ2v) is 7.77. The summed E-state index contributed by atoms with van der Waals surface area (Å²) in [5.74, 6) is 2.94. The third-order valence-corrected chi connectivity index (χ3v) is 5.65. The van der Waals surface area contributed by atoms with Crippen molar-refractivity contribution in [3.8, 4) is 17.2 Å². The summed E-state index contributed by atoms with van der Waals surface area (Å²) < 4.78 is 18.1. The van der Waals surface area contributed by atoms with Crippen molar-refractivity contribution in [2.24, 2.45) is 0 Å². The Kier molecular flexibility index (Phi) is 5.67. The van der Waals surface area contributed by atoms with Crippen molar-refractivity contribution >= 4 is 11.5 Å². The van der Waals surface area contributed by atoms with Gasteiger partial charge in [-0.3, -0.25) is 4.90 Å². The Hall–Kier alpha value is -3.00. The monoisotopic (exact) mass is 411 g/mol. The van der Waals surface area contributed by atoms with Crippen LogP contribution in [0, 0.1) is 6.92 Å². The molecule has 0 spiro atoms. The van der Waals surface area contributed by atoms with E-state index in [1.165, 1.54) is 0 Å². The zero-order valence-corrected chi connectivity index (χ0v) is 18.0. The lowest BCUT2D eigenvalue weighted by molar-refractivity contribution is 0.198. The summed E-state index contributed by atoms with van der Waals surface area (Å²) in [6.45, 7) is 4.72. The van der Waals surface area contributed by atoms with E-state index < -0.39 is 0 Å². The van der Waals surface area contributed by atoms with Crippen molar-refractivity contribution in [2.45, 2.75) is 32.2 Å². The second-order valence-electron chi connectivity index (χ2n) is 7.77. The van der Waals surface area contributed by atoms with Crippen LogP contribution in [-0.2, 0) is 6.54 Å². The molecule has 1 aromatic carbocycles. The molecule has 4 rings (SSSR count). The fourth-order valence-corrected chi connectivity index (χ4v) is 4.27. The Balaban J connectivity index is 1.55. The van der Waals surface area contributed by atoms with E-state index in [-0.39, 0.29) is 0 Å². The first-order valence-corrected chi connectivity index (χ1v) is 10.2. The number of hydrogen-bond donors (Lipinski definition) is 1. The number of aromatic nitrogens is 3. The van der Waals surface area contributed by atoms with Gasteiger partial charge in [0.15, 0.2) is 17.1 Å². The quantitative estimate of drug-likeness (QED) is 0.667. The number of methoxy groups -OCH3 is 3. The number of rotatable bonds is 6. The first-order valence-electron chi connectivity index (χ1n) is 10.2. The third kappa shape index (κ3) is 3.87. The van der Waals surface area contributed by atoms with Gasteiger partial charge in [0, 0.05) is 31.1 Å². The number of anilines is 1. The van der Waals surface area contributed by atoms with Gasteiger partial charge < -0.3 is 19.9 Å². The summed E-state index contributed by atoms with van der Waals surface area (Å²) in [5, 5.41) is 4.40. The van der Waals surface area contributed by atoms with E-state index in [9.17, 15) is 0 Å². The van der Waals surface area contributed by atoms with Gasteiger partial charge in [0.05, 0.1) is 32.7 Å². The van der Waals surface area contributed by atoms with E-state index in [2.05, 4.69) is 10.00 Å². The van der Waals surface area contributed by atoms with E-state index in [1.807, 2.05) is 31.2 Å². The maximum Gasteiger partial charge on any atom is 0.203 e. The van der Waals surface area contributed by atoms with Crippen LogP contribution in [-0.4, -0.2) is 53.9 Å². The number of hydrogen-bond acceptors (Lipinski definition) is 7. The minimum atomic E-state index is 0.336. The van der Waals surface area contributed by atoms with Gasteiger partial charge in [-0.1, -0.05) is 0 Å². The van der Waals surface area contributed by atoms with Crippen molar-refractivity contribution < 1.29 is 14.2 Å². The first kappa shape index (κ1) is 20.3. The topological polar surface area (TPSA) is 87.1 Å². The van der Waals surface area contributed by atoms with Crippen LogP contribution in [0.1, 0.15) is 35.7 Å². The Morgan fingerprint density at radius 1 is 1.07 bits per heavy atom. The lowest BCUT2D eigenvalue weighted by Gasteiger charge is -2.32. The molecule has 0 unspecified atom stereocenters. The van der Waals surface area contributed by atoms with E-state index in [0.29, 0.717) is 29.0 Å². The average Bonchev–Trinajstić information content (AvgIpc) is 3.14. The number of likely N-dealkylation sites (tertiary alicyclic amines) is 1. The molecule has 0 aliphatic carbocycles. The zero-order chi connectivity index (χ0) is 21.3. The van der Waals surface area contributed by atoms with Crippen LogP contribution in [0.15, 0.2) is 24.3 Å². The molecule has 160 valence electrons. The lowest BCUT2D eigenvalue weighted by atomic mass is 9.94. The molecule has 1 atom stereocenters. The van der Waals surface area contributed by atoms with Gasteiger partial charge in [-0.05, 0) is 44.0 Å². The van der Waals surface area contributed by atoms with Crippen LogP contribution in [0.5, 0.6) is 17.2 Å². The lowest BCUT2D eigenvalue weighted by Crippen LogP contribution is -2.34. The number of benzene rings is 1. The molecule has 8 heteroatoms. The Morgan fingerprint density at radius 2 is 1.80 bits per heavy atom. The molecule has 1 saturated heterocycles. The molecule has 0 bridgehead atoms. The van der Waals surface area contributed by atoms with Crippen LogP contribution >= 0.6 is 0 Å². The van der Waals surface area contributed by atoms with Crippen LogP contribution in [0.4, 0.5) is 5.82 Å². The number of ether oxygens (including phenoxy) is 3. The molecule has 1 fully saturated rings. The Morgan fingerprint density at radius 3 is 2.47 bits per heavy atom. The van der Waals surface area contributed by atoms with Gasteiger partial charge in [0.2, 0.25) is 5.75 Å². The van der Waals surface area contributed by atoms with Crippen molar-refractivity contribution in [2.75, 3.05) is 40.2 Å². The molecule has 3 heterocycles. The summed E-state index contributed by atoms with van der Waals surface area (Å²) in [5.41, 5.74) is 10.1. The summed E-state index contributed by atoms with van der Waals surface area (Å²) in [4.78, 5) is 7.28. The number of nitrogens with zero attached hydrogens (tertiary/aromatic N) is 4. The van der Waals surface area contributed by atoms with Gasteiger partial charge in [-0.2, -0.15) is 9.61 Å². The highest BCUT2D eigenvalue weighted by Crippen LogP contribution is 2.39. The number of nitrogen functional groups attached to an aromatic ring is 1. The summed E-state index contributed by atoms with van der Waals surface area (Å²) in [7, 11) is 4.90. The molecule has 0 amide bonds. The number of aryl methyl sites for hydroxylation is 1. The van der Waals surface area contributed by atoms with E-state index in [1.54, 1.807) is 25.8 Å². The normalized spacial score (nSPS) is 17.3. The van der Waals surface area contributed by atoms with Gasteiger partial charge >= 0.3 is 0 Å². The number of piperidine rings is 1. The Bertz CT molecular complexity index is 1020. The van der Waals surface area contributed by atoms with Gasteiger partial charge in [-0.25, -0.2) is 4.98 Å². The van der Waals surface area contributed by atoms with Crippen molar-refractivity contribution in [1.29, 1.82) is 0 Å². The van der Waals surface area contributed by atoms with E-state index in [4.69, 9.17) is 24.9 Å². The molecule has 0 saturated carbocycles. The maximum atomic E-state index is 6.23. The highest BCUT2D eigenvalue weighted by Gasteiger charge is 2.24. The number of fused-ring (bicyclic) bond motifs is 1. The van der Waals surface area contributed by atoms with E-state index in [0.717, 1.165) is 55.1 Å². The molecule has 1 aliphatic heterocycles. The summed E-state index contributed by atoms with van der Waals surface area (Å²) in [6, 6.07) is 7.97. The van der Waals surface area contributed by atoms with Gasteiger partial charge in [0.1, 0.15) is 5.82 Å². The average molecular weight is 412 g/mol. The predicted molar refractivity (Wildman–Crippen MR) is 115 cm³/mol. The molecule has 8 nitrogen and oxygen atoms in total. The van der Waals surface area contributed by atoms with Gasteiger partial charge in [-0.15, -0.1) is 0 Å². The highest BCUT2D eigenvalue weighted by atomic mass is 16.5. The first-order chi connectivity index (χ1) is 14.5. The van der Waals surface area contributed by atoms with Gasteiger partial charge in [0.25, 0.3) is 0 Å². The summed E-state index contributed by atoms with van der Waals surface area (Å²) in [6.07, 6.45) is 2.21. The molecular formula is C22H29N5O3. The predicted octanol–water partition coefficient (Wildman–Crippen LogP) is 3.03. The van der Waals surface area contributed by atoms with Crippen LogP contribution in [0.2, 0.25) is 0 Å². The van der Waals surface area contributed by atoms with Crippen LogP contribution in [0.3, 0.4) is 0 Å². The van der Waals surface area contributed by atoms with E-state index >= 15 is 0 Å². The standard InChI is InChI=1S/C22H29N5O3/c1-14-8-21-24-17(11-20(23)27(21)25-14)16-6-5-7-26(13-16)12-15-9-18(28-2)22(30-4)19(10-15)29-3/h8-11,16H,5-7,12-13,23H2,1-4H3/t16-/m1/s1. The van der Waals surface area contributed by atoms with Crippen molar-refractivity contribution in [3.63, 3.8) is 0 Å². The third-order valence-electron chi connectivity index (χ3n) is 5.65. The maximum absolute atomic E-state index is 6.23. The van der Waals surface area contributed by atoms with Crippen LogP contribution < -0.4 is 19.9 Å². The Labute approximate surface area is 176 Å². The minimum Gasteiger partial charge on any atom is -0.493 e. The molecule has 3 aromatic rings. The highest BCUT2D eigenvalue weighted by molar-refractivity contribution is 5.54. The molecule has 0 radical (unpaired) electrons. The molecular weight excluding hydrogens is 382 g/mol. The molecule has 2 N–H and O–H groups in total. The fraction of sp³-hybridized carbons (Fsp3) is 0.455. The van der Waals surface area contributed by atoms with Crippen molar-refractivity contribution in [3.05, 3.63) is 41.2 Å². The minimum absolute atomic E-state index is 0.336. The van der Waals surface area contributed by atoms with Crippen molar-refractivity contribution in [1.82, 2.24) is 19.5 Å². The number of nitrogens with two attached hydrogens (primary N) is 1.